The van der Waals surface area contributed by atoms with E-state index >= 15 is 0 Å². The van der Waals surface area contributed by atoms with Crippen LogP contribution in [-0.4, -0.2) is 65.2 Å². The summed E-state index contributed by atoms with van der Waals surface area (Å²) in [4.78, 5) is 2.28. The maximum Gasteiger partial charge on any atom is 0.0558 e. The Balaban J connectivity index is -0.00000480. The Morgan fingerprint density at radius 3 is 1.24 bits per heavy atom. The molecular weight excluding hydrogens is 438 g/mol. The van der Waals surface area contributed by atoms with E-state index in [4.69, 9.17) is 5.73 Å². The lowest BCUT2D eigenvalue weighted by atomic mass is 9.89. The zero-order valence-electron chi connectivity index (χ0n) is 22.4. The van der Waals surface area contributed by atoms with Crippen molar-refractivity contribution >= 4 is 0 Å². The number of hydrogen-bond donors (Lipinski definition) is 4. The number of nitrogens with zero attached hydrogens (tertiary/aromatic N) is 1. The third-order valence-corrected chi connectivity index (χ3v) is 6.89. The molecule has 0 saturated carbocycles. The number of nitrogens with two attached hydrogens (primary N) is 1. The second-order valence-corrected chi connectivity index (χ2v) is 9.93. The molecule has 34 heavy (non-hydrogen) atoms. The lowest BCUT2D eigenvalue weighted by molar-refractivity contribution is 0.149. The Hall–Kier alpha value is -0.340. The Morgan fingerprint density at radius 2 is 0.882 bits per heavy atom. The van der Waals surface area contributed by atoms with Gasteiger partial charge in [-0.1, -0.05) is 103 Å². The van der Waals surface area contributed by atoms with Gasteiger partial charge in [0.05, 0.1) is 6.61 Å². The van der Waals surface area contributed by atoms with Gasteiger partial charge < -0.3 is 26.0 Å². The van der Waals surface area contributed by atoms with Crippen LogP contribution >= 0.6 is 0 Å². The Morgan fingerprint density at radius 1 is 0.500 bits per heavy atom. The quantitative estimate of drug-likeness (QED) is 0.115. The van der Waals surface area contributed by atoms with Crippen molar-refractivity contribution < 1.29 is 24.7 Å². The summed E-state index contributed by atoms with van der Waals surface area (Å²) >= 11 is 0. The molecule has 0 saturated heterocycles. The predicted molar refractivity (Wildman–Crippen MR) is 143 cm³/mol. The van der Waals surface area contributed by atoms with E-state index < -0.39 is 5.54 Å². The molecule has 7 heteroatoms. The molecule has 0 aliphatic carbocycles. The van der Waals surface area contributed by atoms with E-state index in [-0.39, 0.29) is 29.2 Å². The first kappa shape index (κ1) is 38.2. The van der Waals surface area contributed by atoms with Crippen molar-refractivity contribution in [1.29, 1.82) is 0 Å². The molecule has 0 bridgehead atoms. The fourth-order valence-corrected chi connectivity index (χ4v) is 4.56. The molecule has 0 aromatic heterocycles. The summed E-state index contributed by atoms with van der Waals surface area (Å²) in [6.07, 6.45) is 23.8. The highest BCUT2D eigenvalue weighted by Crippen LogP contribution is 2.18. The molecule has 0 aliphatic heterocycles. The van der Waals surface area contributed by atoms with Gasteiger partial charge in [0.15, 0.2) is 0 Å². The second-order valence-electron chi connectivity index (χ2n) is 9.93. The lowest BCUT2D eigenvalue weighted by Gasteiger charge is -2.31. The van der Waals surface area contributed by atoms with Crippen LogP contribution in [0.2, 0.25) is 0 Å². The minimum Gasteiger partial charge on any atom is -0.396 e. The Labute approximate surface area is 209 Å². The molecule has 0 fully saturated rings. The fourth-order valence-electron chi connectivity index (χ4n) is 4.56. The van der Waals surface area contributed by atoms with Crippen LogP contribution in [-0.2, 0) is 0 Å². The summed E-state index contributed by atoms with van der Waals surface area (Å²) in [6.45, 7) is 5.03. The number of halogens is 2. The number of unbranched alkanes of at least 4 members (excludes halogenated alkanes) is 15. The highest BCUT2D eigenvalue weighted by atomic mass is 19.0. The zero-order valence-corrected chi connectivity index (χ0v) is 22.4. The average Bonchev–Trinajstić information content (AvgIpc) is 2.77. The summed E-state index contributed by atoms with van der Waals surface area (Å²) < 4.78 is 0. The van der Waals surface area contributed by atoms with Crippen molar-refractivity contribution in [3.05, 3.63) is 0 Å². The number of aliphatic hydroxyl groups excluding tert-OH is 3. The predicted octanol–water partition coefficient (Wildman–Crippen LogP) is 5.70. The molecule has 0 atom stereocenters. The molecule has 0 aliphatic rings. The molecule has 210 valence electrons. The summed E-state index contributed by atoms with van der Waals surface area (Å²) in [6, 6.07) is 0. The summed E-state index contributed by atoms with van der Waals surface area (Å²) in [5, 5.41) is 27.8. The van der Waals surface area contributed by atoms with Crippen LogP contribution in [0, 0.1) is 0 Å². The standard InChI is InChI=1S/C27H58N2O3.2FH/c1-2-3-4-5-6-7-8-9-10-11-12-13-14-15-16-17-21-29(23-26-32)22-18-27(28,19-24-30)20-25-31;;/h30-32H,2-26,28H2,1H3;2*1H. The van der Waals surface area contributed by atoms with E-state index in [1.807, 2.05) is 0 Å². The van der Waals surface area contributed by atoms with Gasteiger partial charge in [0.2, 0.25) is 0 Å². The lowest BCUT2D eigenvalue weighted by Crippen LogP contribution is -2.45. The van der Waals surface area contributed by atoms with E-state index in [1.54, 1.807) is 0 Å². The van der Waals surface area contributed by atoms with E-state index in [0.717, 1.165) is 25.9 Å². The monoisotopic (exact) mass is 498 g/mol. The highest BCUT2D eigenvalue weighted by molar-refractivity contribution is 4.84. The first-order valence-corrected chi connectivity index (χ1v) is 14.0. The summed E-state index contributed by atoms with van der Waals surface area (Å²) in [5.41, 5.74) is 5.84. The molecular formula is C27H60F2N2O3. The third-order valence-electron chi connectivity index (χ3n) is 6.89. The fraction of sp³-hybridized carbons (Fsp3) is 1.00. The number of hydrogen-bond acceptors (Lipinski definition) is 5. The average molecular weight is 499 g/mol. The number of aliphatic hydroxyl groups is 3. The highest BCUT2D eigenvalue weighted by Gasteiger charge is 2.24. The molecule has 0 aromatic carbocycles. The molecule has 0 unspecified atom stereocenters. The maximum atomic E-state index is 9.35. The molecule has 0 aromatic rings. The second kappa shape index (κ2) is 28.9. The molecule has 0 rings (SSSR count). The number of rotatable bonds is 26. The van der Waals surface area contributed by atoms with E-state index in [0.29, 0.717) is 19.4 Å². The zero-order chi connectivity index (χ0) is 23.8. The van der Waals surface area contributed by atoms with Gasteiger partial charge in [-0.25, -0.2) is 0 Å². The topological polar surface area (TPSA) is 90.0 Å². The minimum atomic E-state index is -0.508. The van der Waals surface area contributed by atoms with Crippen molar-refractivity contribution in [1.82, 2.24) is 4.90 Å². The smallest absolute Gasteiger partial charge is 0.0558 e. The molecule has 0 spiro atoms. The van der Waals surface area contributed by atoms with Crippen LogP contribution in [0.3, 0.4) is 0 Å². The molecule has 5 N–H and O–H groups in total. The molecule has 0 amide bonds. The Bertz CT molecular complexity index is 374. The first-order valence-electron chi connectivity index (χ1n) is 14.0. The van der Waals surface area contributed by atoms with Gasteiger partial charge in [-0.3, -0.25) is 9.41 Å². The van der Waals surface area contributed by atoms with Gasteiger partial charge in [0.25, 0.3) is 0 Å². The molecule has 0 radical (unpaired) electrons. The summed E-state index contributed by atoms with van der Waals surface area (Å²) in [5.74, 6) is 0. The largest absolute Gasteiger partial charge is 0.396 e. The first-order chi connectivity index (χ1) is 15.6. The van der Waals surface area contributed by atoms with Gasteiger partial charge in [0, 0.05) is 25.3 Å². The van der Waals surface area contributed by atoms with Crippen LogP contribution in [0.5, 0.6) is 0 Å². The van der Waals surface area contributed by atoms with Crippen molar-refractivity contribution in [3.8, 4) is 0 Å². The van der Waals surface area contributed by atoms with Crippen LogP contribution < -0.4 is 5.73 Å². The van der Waals surface area contributed by atoms with Crippen molar-refractivity contribution in [2.75, 3.05) is 39.5 Å². The van der Waals surface area contributed by atoms with Gasteiger partial charge >= 0.3 is 0 Å². The van der Waals surface area contributed by atoms with Crippen molar-refractivity contribution in [2.45, 2.75) is 134 Å². The van der Waals surface area contributed by atoms with E-state index in [9.17, 15) is 15.3 Å². The van der Waals surface area contributed by atoms with E-state index in [1.165, 1.54) is 96.3 Å². The van der Waals surface area contributed by atoms with Crippen LogP contribution in [0.1, 0.15) is 129 Å². The maximum absolute atomic E-state index is 9.35. The van der Waals surface area contributed by atoms with Crippen LogP contribution in [0.4, 0.5) is 9.41 Å². The summed E-state index contributed by atoms with van der Waals surface area (Å²) in [7, 11) is 0. The SMILES string of the molecule is CCCCCCCCCCCCCCCCCCN(CCO)CCC(N)(CCO)CCO.F.F. The van der Waals surface area contributed by atoms with Gasteiger partial charge in [-0.15, -0.1) is 0 Å². The van der Waals surface area contributed by atoms with Crippen LogP contribution in [0.15, 0.2) is 0 Å². The van der Waals surface area contributed by atoms with Crippen LogP contribution in [0.25, 0.3) is 0 Å². The van der Waals surface area contributed by atoms with E-state index in [2.05, 4.69) is 11.8 Å². The minimum absolute atomic E-state index is 0. The molecule has 0 heterocycles. The van der Waals surface area contributed by atoms with Crippen molar-refractivity contribution in [3.63, 3.8) is 0 Å². The normalized spacial score (nSPS) is 11.5. The van der Waals surface area contributed by atoms with Gasteiger partial charge in [-0.2, -0.15) is 0 Å². The van der Waals surface area contributed by atoms with Gasteiger partial charge in [0.1, 0.15) is 0 Å². The van der Waals surface area contributed by atoms with Gasteiger partial charge in [-0.05, 0) is 38.8 Å². The third kappa shape index (κ3) is 24.8. The molecule has 5 nitrogen and oxygen atoms in total. The Kier molecular flexibility index (Phi) is 32.5. The van der Waals surface area contributed by atoms with Crippen molar-refractivity contribution in [2.24, 2.45) is 5.73 Å².